The molecule has 1 atom stereocenters. The standard InChI is InChI=1S/C34H34N2O5S2/c1-21(2)19-41-33(38)30-22(3)35-34-36(31(30)25-12-14-26(42-5)15-13-25)32(37)29(43-34)18-24-11-16-27(28(17-24)39-4)40-20-23-9-7-6-8-10-23/h6-18,21,31H,19-20H2,1-5H3. The van der Waals surface area contributed by atoms with Gasteiger partial charge in [0.05, 0.1) is 35.6 Å². The number of carbonyl (C=O) groups excluding carboxylic acids is 1. The van der Waals surface area contributed by atoms with E-state index in [0.29, 0.717) is 38.7 Å². The number of esters is 1. The third kappa shape index (κ3) is 6.78. The molecule has 222 valence electrons. The molecule has 1 aromatic heterocycles. The van der Waals surface area contributed by atoms with E-state index in [9.17, 15) is 9.59 Å². The average molecular weight is 615 g/mol. The van der Waals surface area contributed by atoms with Crippen LogP contribution in [-0.2, 0) is 16.1 Å². The molecule has 43 heavy (non-hydrogen) atoms. The quantitative estimate of drug-likeness (QED) is 0.167. The molecular weight excluding hydrogens is 581 g/mol. The van der Waals surface area contributed by atoms with Gasteiger partial charge in [-0.15, -0.1) is 11.8 Å². The Bertz CT molecular complexity index is 1820. The van der Waals surface area contributed by atoms with Gasteiger partial charge in [-0.3, -0.25) is 9.36 Å². The number of carbonyl (C=O) groups is 1. The van der Waals surface area contributed by atoms with Gasteiger partial charge >= 0.3 is 5.97 Å². The van der Waals surface area contributed by atoms with E-state index >= 15 is 0 Å². The normalized spacial score (nSPS) is 14.8. The summed E-state index contributed by atoms with van der Waals surface area (Å²) in [4.78, 5) is 33.7. The van der Waals surface area contributed by atoms with Crippen LogP contribution in [0.4, 0.5) is 0 Å². The number of thioether (sulfide) groups is 1. The molecule has 0 N–H and O–H groups in total. The van der Waals surface area contributed by atoms with Gasteiger partial charge in [0.15, 0.2) is 16.3 Å². The Morgan fingerprint density at radius 3 is 2.49 bits per heavy atom. The van der Waals surface area contributed by atoms with Gasteiger partial charge in [-0.1, -0.05) is 73.7 Å². The number of thiazole rings is 1. The molecule has 0 spiro atoms. The van der Waals surface area contributed by atoms with Crippen molar-refractivity contribution >= 4 is 35.1 Å². The van der Waals surface area contributed by atoms with E-state index in [1.165, 1.54) is 11.3 Å². The van der Waals surface area contributed by atoms with Crippen LogP contribution >= 0.6 is 23.1 Å². The summed E-state index contributed by atoms with van der Waals surface area (Å²) < 4.78 is 19.4. The number of hydrogen-bond acceptors (Lipinski definition) is 8. The van der Waals surface area contributed by atoms with Gasteiger partial charge in [0, 0.05) is 4.90 Å². The fraction of sp³-hybridized carbons (Fsp3) is 0.265. The lowest BCUT2D eigenvalue weighted by atomic mass is 9.96. The maximum absolute atomic E-state index is 14.0. The molecular formula is C34H34N2O5S2. The molecule has 0 amide bonds. The fourth-order valence-electron chi connectivity index (χ4n) is 4.78. The van der Waals surface area contributed by atoms with Crippen molar-refractivity contribution in [1.29, 1.82) is 0 Å². The molecule has 0 saturated carbocycles. The van der Waals surface area contributed by atoms with E-state index in [2.05, 4.69) is 0 Å². The summed E-state index contributed by atoms with van der Waals surface area (Å²) in [5, 5.41) is 0. The van der Waals surface area contributed by atoms with E-state index in [4.69, 9.17) is 19.2 Å². The topological polar surface area (TPSA) is 79.1 Å². The number of methoxy groups -OCH3 is 1. The van der Waals surface area contributed by atoms with Crippen LogP contribution in [0.5, 0.6) is 11.5 Å². The van der Waals surface area contributed by atoms with Crippen LogP contribution in [0.2, 0.25) is 0 Å². The lowest BCUT2D eigenvalue weighted by Gasteiger charge is -2.25. The second kappa shape index (κ2) is 13.5. The Morgan fingerprint density at radius 2 is 1.81 bits per heavy atom. The molecule has 0 bridgehead atoms. The summed E-state index contributed by atoms with van der Waals surface area (Å²) in [5.74, 6) is 0.894. The predicted molar refractivity (Wildman–Crippen MR) is 172 cm³/mol. The maximum Gasteiger partial charge on any atom is 0.338 e. The smallest absolute Gasteiger partial charge is 0.338 e. The molecule has 0 radical (unpaired) electrons. The highest BCUT2D eigenvalue weighted by molar-refractivity contribution is 7.98. The zero-order valence-electron chi connectivity index (χ0n) is 24.8. The van der Waals surface area contributed by atoms with Crippen LogP contribution in [-0.4, -0.2) is 30.5 Å². The van der Waals surface area contributed by atoms with Crippen LogP contribution in [0.15, 0.2) is 98.7 Å². The molecule has 1 aliphatic heterocycles. The lowest BCUT2D eigenvalue weighted by Crippen LogP contribution is -2.40. The summed E-state index contributed by atoms with van der Waals surface area (Å²) in [6, 6.07) is 22.7. The van der Waals surface area contributed by atoms with Crippen LogP contribution < -0.4 is 24.4 Å². The largest absolute Gasteiger partial charge is 0.493 e. The van der Waals surface area contributed by atoms with Gasteiger partial charge in [-0.25, -0.2) is 9.79 Å². The second-order valence-electron chi connectivity index (χ2n) is 10.5. The monoisotopic (exact) mass is 614 g/mol. The summed E-state index contributed by atoms with van der Waals surface area (Å²) in [6.45, 7) is 6.46. The van der Waals surface area contributed by atoms with Crippen molar-refractivity contribution in [3.8, 4) is 11.5 Å². The number of rotatable bonds is 10. The minimum Gasteiger partial charge on any atom is -0.493 e. The number of aromatic nitrogens is 1. The molecule has 1 unspecified atom stereocenters. The van der Waals surface area contributed by atoms with Gasteiger partial charge in [0.2, 0.25) is 0 Å². The summed E-state index contributed by atoms with van der Waals surface area (Å²) >= 11 is 2.92. The molecule has 0 fully saturated rings. The molecule has 1 aliphatic rings. The van der Waals surface area contributed by atoms with Gasteiger partial charge in [0.1, 0.15) is 6.61 Å². The third-order valence-corrected chi connectivity index (χ3v) is 8.67. The first-order valence-corrected chi connectivity index (χ1v) is 16.0. The summed E-state index contributed by atoms with van der Waals surface area (Å²) in [5.41, 5.74) is 3.34. The third-order valence-electron chi connectivity index (χ3n) is 6.94. The van der Waals surface area contributed by atoms with Crippen molar-refractivity contribution in [3.63, 3.8) is 0 Å². The van der Waals surface area contributed by atoms with Gasteiger partial charge < -0.3 is 14.2 Å². The molecule has 3 aromatic carbocycles. The Balaban J connectivity index is 1.54. The Morgan fingerprint density at radius 1 is 1.07 bits per heavy atom. The van der Waals surface area contributed by atoms with Crippen molar-refractivity contribution in [2.75, 3.05) is 20.0 Å². The van der Waals surface area contributed by atoms with Crippen molar-refractivity contribution in [1.82, 2.24) is 4.57 Å². The molecule has 9 heteroatoms. The molecule has 0 saturated heterocycles. The first kappa shape index (κ1) is 30.4. The lowest BCUT2D eigenvalue weighted by molar-refractivity contribution is -0.140. The average Bonchev–Trinajstić information content (AvgIpc) is 3.32. The minimum absolute atomic E-state index is 0.178. The van der Waals surface area contributed by atoms with Crippen LogP contribution in [0.1, 0.15) is 43.5 Å². The Labute approximate surface area is 259 Å². The van der Waals surface area contributed by atoms with E-state index in [-0.39, 0.29) is 18.1 Å². The van der Waals surface area contributed by atoms with Crippen LogP contribution in [0.25, 0.3) is 6.08 Å². The highest BCUT2D eigenvalue weighted by Gasteiger charge is 2.33. The fourth-order valence-corrected chi connectivity index (χ4v) is 6.24. The zero-order valence-corrected chi connectivity index (χ0v) is 26.5. The van der Waals surface area contributed by atoms with Crippen molar-refractivity contribution in [3.05, 3.63) is 120 Å². The van der Waals surface area contributed by atoms with E-state index in [1.54, 1.807) is 30.4 Å². The van der Waals surface area contributed by atoms with E-state index in [0.717, 1.165) is 21.6 Å². The van der Waals surface area contributed by atoms with Gasteiger partial charge in [0.25, 0.3) is 5.56 Å². The number of ether oxygens (including phenoxy) is 3. The number of benzene rings is 3. The summed E-state index contributed by atoms with van der Waals surface area (Å²) in [7, 11) is 1.59. The molecule has 2 heterocycles. The van der Waals surface area contributed by atoms with Crippen molar-refractivity contribution < 1.29 is 19.0 Å². The number of hydrogen-bond donors (Lipinski definition) is 0. The van der Waals surface area contributed by atoms with Gasteiger partial charge in [-0.05, 0) is 66.1 Å². The van der Waals surface area contributed by atoms with E-state index < -0.39 is 12.0 Å². The minimum atomic E-state index is -0.655. The van der Waals surface area contributed by atoms with Crippen LogP contribution in [0.3, 0.4) is 0 Å². The first-order valence-electron chi connectivity index (χ1n) is 14.0. The van der Waals surface area contributed by atoms with Crippen molar-refractivity contribution in [2.45, 2.75) is 38.3 Å². The molecule has 4 aromatic rings. The number of allylic oxidation sites excluding steroid dienone is 1. The van der Waals surface area contributed by atoms with Gasteiger partial charge in [-0.2, -0.15) is 0 Å². The SMILES string of the molecule is COc1cc(C=c2sc3n(c2=O)C(c2ccc(SC)cc2)C(C(=O)OCC(C)C)=C(C)N=3)ccc1OCc1ccccc1. The molecule has 7 nitrogen and oxygen atoms in total. The Kier molecular flexibility index (Phi) is 9.52. The first-order chi connectivity index (χ1) is 20.8. The van der Waals surface area contributed by atoms with Crippen LogP contribution in [0, 0.1) is 5.92 Å². The molecule has 5 rings (SSSR count). The van der Waals surface area contributed by atoms with Crippen molar-refractivity contribution in [2.24, 2.45) is 10.9 Å². The Hall–Kier alpha value is -4.08. The number of fused-ring (bicyclic) bond motifs is 1. The number of nitrogens with zero attached hydrogens (tertiary/aromatic N) is 2. The van der Waals surface area contributed by atoms with E-state index in [1.807, 2.05) is 99.0 Å². The zero-order chi connectivity index (χ0) is 30.5. The predicted octanol–water partition coefficient (Wildman–Crippen LogP) is 5.74. The highest BCUT2D eigenvalue weighted by Crippen LogP contribution is 2.32. The summed E-state index contributed by atoms with van der Waals surface area (Å²) in [6.07, 6.45) is 3.82. The highest BCUT2D eigenvalue weighted by atomic mass is 32.2. The maximum atomic E-state index is 14.0. The molecule has 0 aliphatic carbocycles. The second-order valence-corrected chi connectivity index (χ2v) is 12.4.